The molecule has 4 aliphatic rings. The van der Waals surface area contributed by atoms with Gasteiger partial charge < -0.3 is 24.3 Å². The predicted octanol–water partition coefficient (Wildman–Crippen LogP) is 3.70. The largest absolute Gasteiger partial charge is 0.331 e. The van der Waals surface area contributed by atoms with Crippen molar-refractivity contribution in [1.82, 2.24) is 34.0 Å². The standard InChI is InChI=1S/C24H24N8O2S/c1-3-31-16(23(34)32(12-4-5-12)13-6-7-13)10-14-17-18(27-11-26-17)20(30(2)22(14)31)29-24-28-15-8-9-25-21(33)19(15)35-24/h8-13H,3-7H2,1-2H3,(H,25,33)(H,28,29). The van der Waals surface area contributed by atoms with E-state index in [1.807, 2.05) is 17.7 Å². The van der Waals surface area contributed by atoms with Crippen LogP contribution in [0.2, 0.25) is 0 Å². The van der Waals surface area contributed by atoms with Crippen molar-refractivity contribution in [2.24, 2.45) is 7.05 Å². The number of H-pyrrole nitrogens is 1. The minimum Gasteiger partial charge on any atom is -0.331 e. The lowest BCUT2D eigenvalue weighted by Gasteiger charge is -2.23. The van der Waals surface area contributed by atoms with Crippen molar-refractivity contribution in [3.8, 4) is 11.4 Å². The topological polar surface area (TPSA) is 114 Å². The van der Waals surface area contributed by atoms with Gasteiger partial charge in [0.15, 0.2) is 5.13 Å². The van der Waals surface area contributed by atoms with Gasteiger partial charge in [-0.05, 0) is 44.7 Å². The number of nitrogens with zero attached hydrogens (tertiary/aromatic N) is 6. The van der Waals surface area contributed by atoms with Crippen LogP contribution in [-0.2, 0) is 13.6 Å². The second kappa shape index (κ2) is 7.38. The van der Waals surface area contributed by atoms with Gasteiger partial charge in [0, 0.05) is 37.3 Å². The van der Waals surface area contributed by atoms with Crippen molar-refractivity contribution >= 4 is 49.4 Å². The molecular weight excluding hydrogens is 464 g/mol. The van der Waals surface area contributed by atoms with Gasteiger partial charge in [-0.1, -0.05) is 11.3 Å². The molecule has 2 saturated carbocycles. The summed E-state index contributed by atoms with van der Waals surface area (Å²) in [7, 11) is 1.96. The molecule has 178 valence electrons. The molecule has 3 aromatic heterocycles. The van der Waals surface area contributed by atoms with E-state index in [1.54, 1.807) is 18.6 Å². The van der Waals surface area contributed by atoms with E-state index >= 15 is 0 Å². The summed E-state index contributed by atoms with van der Waals surface area (Å²) in [6.07, 6.45) is 7.53. The van der Waals surface area contributed by atoms with Crippen molar-refractivity contribution < 1.29 is 4.79 Å². The van der Waals surface area contributed by atoms with Gasteiger partial charge in [0.25, 0.3) is 11.5 Å². The van der Waals surface area contributed by atoms with E-state index in [0.29, 0.717) is 51.2 Å². The number of hydrogen-bond donors (Lipinski definition) is 2. The second-order valence-electron chi connectivity index (χ2n) is 9.33. The average molecular weight is 489 g/mol. The molecule has 1 amide bonds. The first-order chi connectivity index (χ1) is 17.0. The maximum absolute atomic E-state index is 13.8. The fourth-order valence-electron chi connectivity index (χ4n) is 5.11. The van der Waals surface area contributed by atoms with Gasteiger partial charge in [0.2, 0.25) is 0 Å². The molecule has 0 unspecified atom stereocenters. The summed E-state index contributed by atoms with van der Waals surface area (Å²) >= 11 is 1.29. The van der Waals surface area contributed by atoms with Gasteiger partial charge in [0.05, 0.1) is 5.52 Å². The second-order valence-corrected chi connectivity index (χ2v) is 10.3. The number of hydrogen-bond acceptors (Lipinski definition) is 7. The van der Waals surface area contributed by atoms with Crippen molar-refractivity contribution in [2.45, 2.75) is 51.2 Å². The molecular formula is C24H24N8O2S. The van der Waals surface area contributed by atoms with Gasteiger partial charge in [-0.15, -0.1) is 0 Å². The normalized spacial score (nSPS) is 15.9. The third-order valence-electron chi connectivity index (χ3n) is 6.99. The lowest BCUT2D eigenvalue weighted by Crippen LogP contribution is -2.36. The van der Waals surface area contributed by atoms with E-state index in [2.05, 4.69) is 41.6 Å². The monoisotopic (exact) mass is 488 g/mol. The van der Waals surface area contributed by atoms with Crippen LogP contribution in [0, 0.1) is 0 Å². The molecule has 0 spiro atoms. The molecule has 2 N–H and O–H groups in total. The molecule has 2 fully saturated rings. The van der Waals surface area contributed by atoms with E-state index in [1.165, 1.54) is 11.3 Å². The highest BCUT2D eigenvalue weighted by atomic mass is 32.1. The Labute approximate surface area is 204 Å². The Morgan fingerprint density at radius 3 is 2.66 bits per heavy atom. The number of amides is 1. The fraction of sp³-hybridized carbons (Fsp3) is 0.375. The molecule has 0 atom stereocenters. The minimum absolute atomic E-state index is 0.112. The Morgan fingerprint density at radius 2 is 1.97 bits per heavy atom. The molecule has 0 aromatic carbocycles. The number of fused-ring (bicyclic) bond motifs is 4. The number of carbonyl (C=O) groups is 1. The van der Waals surface area contributed by atoms with Crippen LogP contribution in [0.3, 0.4) is 0 Å². The van der Waals surface area contributed by atoms with Crippen LogP contribution in [-0.4, -0.2) is 52.0 Å². The summed E-state index contributed by atoms with van der Waals surface area (Å²) < 4.78 is 4.66. The zero-order valence-corrected chi connectivity index (χ0v) is 20.2. The molecule has 7 rings (SSSR count). The van der Waals surface area contributed by atoms with E-state index in [-0.39, 0.29) is 11.5 Å². The van der Waals surface area contributed by atoms with E-state index in [0.717, 1.165) is 42.4 Å². The maximum atomic E-state index is 13.8. The van der Waals surface area contributed by atoms with Crippen molar-refractivity contribution in [3.05, 3.63) is 40.7 Å². The number of imidazole rings is 1. The average Bonchev–Trinajstić information content (AvgIpc) is 3.72. The third kappa shape index (κ3) is 3.10. The van der Waals surface area contributed by atoms with Gasteiger partial charge in [0.1, 0.15) is 39.6 Å². The number of aromatic nitrogens is 6. The number of thiazole rings is 1. The Bertz CT molecular complexity index is 1640. The number of rotatable bonds is 6. The molecule has 2 aliphatic carbocycles. The Morgan fingerprint density at radius 1 is 1.23 bits per heavy atom. The van der Waals surface area contributed by atoms with Crippen LogP contribution in [0.4, 0.5) is 10.9 Å². The molecule has 35 heavy (non-hydrogen) atoms. The molecule has 11 heteroatoms. The van der Waals surface area contributed by atoms with E-state index in [9.17, 15) is 9.59 Å². The summed E-state index contributed by atoms with van der Waals surface area (Å²) in [5, 5.41) is 4.88. The van der Waals surface area contributed by atoms with E-state index < -0.39 is 0 Å². The zero-order valence-electron chi connectivity index (χ0n) is 19.4. The third-order valence-corrected chi connectivity index (χ3v) is 7.98. The summed E-state index contributed by atoms with van der Waals surface area (Å²) in [6, 6.07) is 4.53. The Balaban J connectivity index is 1.39. The first-order valence-electron chi connectivity index (χ1n) is 12.0. The van der Waals surface area contributed by atoms with Crippen LogP contribution >= 0.6 is 11.3 Å². The van der Waals surface area contributed by atoms with Gasteiger partial charge in [-0.25, -0.2) is 15.0 Å². The maximum Gasteiger partial charge on any atom is 0.271 e. The van der Waals surface area contributed by atoms with E-state index in [4.69, 9.17) is 0 Å². The van der Waals surface area contributed by atoms with Crippen LogP contribution in [0.15, 0.2) is 29.5 Å². The Hall–Kier alpha value is -3.73. The molecule has 10 nitrogen and oxygen atoms in total. The summed E-state index contributed by atoms with van der Waals surface area (Å²) in [5.41, 5.74) is 3.51. The minimum atomic E-state index is -0.162. The fourth-order valence-corrected chi connectivity index (χ4v) is 5.96. The quantitative estimate of drug-likeness (QED) is 0.377. The van der Waals surface area contributed by atoms with Gasteiger partial charge in [-0.2, -0.15) is 0 Å². The number of nitrogens with one attached hydrogen (secondary N) is 2. The molecule has 0 radical (unpaired) electrons. The summed E-state index contributed by atoms with van der Waals surface area (Å²) in [4.78, 5) is 44.4. The van der Waals surface area contributed by atoms with Crippen LogP contribution < -0.4 is 10.9 Å². The SMILES string of the molecule is CCn1c(C(=O)N(C2CC2)C2CC2)cc2c3ncnc-3c(Nc3nc4cc[nH]c(=O)c4s3)n(C)c21. The molecule has 5 heterocycles. The first kappa shape index (κ1) is 20.6. The number of aryl methyl sites for hydroxylation is 2. The highest BCUT2D eigenvalue weighted by Gasteiger charge is 2.43. The Kier molecular flexibility index (Phi) is 4.35. The van der Waals surface area contributed by atoms with Crippen LogP contribution in [0.5, 0.6) is 0 Å². The number of carbonyl (C=O) groups excluding carboxylic acids is 1. The smallest absolute Gasteiger partial charge is 0.271 e. The van der Waals surface area contributed by atoms with Crippen molar-refractivity contribution in [1.29, 1.82) is 0 Å². The van der Waals surface area contributed by atoms with Gasteiger partial charge in [-0.3, -0.25) is 9.59 Å². The highest BCUT2D eigenvalue weighted by molar-refractivity contribution is 7.22. The van der Waals surface area contributed by atoms with Crippen LogP contribution in [0.1, 0.15) is 43.1 Å². The van der Waals surface area contributed by atoms with Crippen molar-refractivity contribution in [2.75, 3.05) is 5.32 Å². The zero-order chi connectivity index (χ0) is 23.8. The molecule has 0 bridgehead atoms. The lowest BCUT2D eigenvalue weighted by molar-refractivity contribution is 0.0719. The summed E-state index contributed by atoms with van der Waals surface area (Å²) in [6.45, 7) is 2.71. The number of aromatic amines is 1. The number of pyridine rings is 2. The molecule has 3 aromatic rings. The van der Waals surface area contributed by atoms with Crippen molar-refractivity contribution in [3.63, 3.8) is 0 Å². The van der Waals surface area contributed by atoms with Crippen LogP contribution in [0.25, 0.3) is 32.6 Å². The van der Waals surface area contributed by atoms with Gasteiger partial charge >= 0.3 is 0 Å². The number of anilines is 2. The summed E-state index contributed by atoms with van der Waals surface area (Å²) in [5.74, 6) is 0.828. The predicted molar refractivity (Wildman–Crippen MR) is 135 cm³/mol. The lowest BCUT2D eigenvalue weighted by atomic mass is 10.2. The molecule has 0 saturated heterocycles. The highest BCUT2D eigenvalue weighted by Crippen LogP contribution is 2.41. The molecule has 2 aliphatic heterocycles. The first-order valence-corrected chi connectivity index (χ1v) is 12.8.